The molecule has 3 aliphatic rings. The van der Waals surface area contributed by atoms with Gasteiger partial charge in [0.15, 0.2) is 6.29 Å². The summed E-state index contributed by atoms with van der Waals surface area (Å²) in [7, 11) is 0. The maximum Gasteiger partial charge on any atom is 0.343 e. The normalized spacial score (nSPS) is 22.4. The number of nitrogens with one attached hydrogen (secondary N) is 1. The molecule has 0 bridgehead atoms. The van der Waals surface area contributed by atoms with Crippen LogP contribution in [0.15, 0.2) is 66.7 Å². The predicted molar refractivity (Wildman–Crippen MR) is 198 cm³/mol. The number of carbonyl (C=O) groups is 3. The quantitative estimate of drug-likeness (QED) is 0.0369. The molecule has 1 atom stereocenters. The summed E-state index contributed by atoms with van der Waals surface area (Å²) < 4.78 is 38.8. The van der Waals surface area contributed by atoms with E-state index in [2.05, 4.69) is 6.58 Å². The molecular formula is C42H49NO10. The fraction of sp³-hybridized carbons (Fsp3) is 0.476. The second-order valence-electron chi connectivity index (χ2n) is 14.1. The van der Waals surface area contributed by atoms with Crippen LogP contribution in [0.25, 0.3) is 10.8 Å². The topological polar surface area (TPSA) is 143 Å². The van der Waals surface area contributed by atoms with Crippen molar-refractivity contribution in [3.8, 4) is 17.2 Å². The molecule has 6 rings (SSSR count). The summed E-state index contributed by atoms with van der Waals surface area (Å²) in [6, 6.07) is 15.7. The molecule has 3 fully saturated rings. The highest BCUT2D eigenvalue weighted by atomic mass is 16.8. The van der Waals surface area contributed by atoms with Crippen molar-refractivity contribution >= 4 is 34.9 Å². The zero-order valence-corrected chi connectivity index (χ0v) is 30.3. The van der Waals surface area contributed by atoms with Crippen molar-refractivity contribution in [3.05, 3.63) is 77.9 Å². The lowest BCUT2D eigenvalue weighted by atomic mass is 9.70. The van der Waals surface area contributed by atoms with Gasteiger partial charge in [-0.15, -0.1) is 0 Å². The van der Waals surface area contributed by atoms with Gasteiger partial charge in [0.1, 0.15) is 30.5 Å². The van der Waals surface area contributed by atoms with Crippen molar-refractivity contribution < 1.29 is 47.5 Å². The summed E-state index contributed by atoms with van der Waals surface area (Å²) in [5.41, 5.74) is 1.09. The third-order valence-electron chi connectivity index (χ3n) is 10.3. The van der Waals surface area contributed by atoms with Crippen LogP contribution < -0.4 is 14.2 Å². The molecule has 1 N–H and O–H groups in total. The lowest BCUT2D eigenvalue weighted by Gasteiger charge is -2.37. The van der Waals surface area contributed by atoms with Gasteiger partial charge in [0.05, 0.1) is 37.4 Å². The zero-order chi connectivity index (χ0) is 37.2. The largest absolute Gasteiger partial charge is 0.493 e. The first-order chi connectivity index (χ1) is 25.7. The van der Waals surface area contributed by atoms with Crippen molar-refractivity contribution in [3.63, 3.8) is 0 Å². The monoisotopic (exact) mass is 727 g/mol. The second kappa shape index (κ2) is 18.4. The molecule has 3 aromatic carbocycles. The molecule has 0 radical (unpaired) electrons. The first kappa shape index (κ1) is 38.2. The smallest absolute Gasteiger partial charge is 0.343 e. The Bertz CT molecular complexity index is 1770. The average Bonchev–Trinajstić information content (AvgIpc) is 4.01. The molecule has 3 aromatic rings. The van der Waals surface area contributed by atoms with Crippen LogP contribution in [0.4, 0.5) is 0 Å². The van der Waals surface area contributed by atoms with Crippen molar-refractivity contribution in [2.45, 2.75) is 77.1 Å². The van der Waals surface area contributed by atoms with E-state index in [-0.39, 0.29) is 42.6 Å². The van der Waals surface area contributed by atoms with Crippen LogP contribution in [0.5, 0.6) is 17.2 Å². The van der Waals surface area contributed by atoms with E-state index in [4.69, 9.17) is 38.6 Å². The van der Waals surface area contributed by atoms with Gasteiger partial charge in [0.25, 0.3) is 0 Å². The Morgan fingerprint density at radius 2 is 1.49 bits per heavy atom. The van der Waals surface area contributed by atoms with Crippen molar-refractivity contribution in [1.82, 2.24) is 0 Å². The number of ether oxygens (including phenoxy) is 7. The molecule has 11 nitrogen and oxygen atoms in total. The molecule has 2 aliphatic carbocycles. The fourth-order valence-corrected chi connectivity index (χ4v) is 7.22. The summed E-state index contributed by atoms with van der Waals surface area (Å²) in [6.07, 6.45) is 9.72. The van der Waals surface area contributed by atoms with Crippen molar-refractivity contribution in [2.75, 3.05) is 33.0 Å². The first-order valence-electron chi connectivity index (χ1n) is 18.7. The number of hydrogen-bond acceptors (Lipinski definition) is 11. The molecule has 2 saturated carbocycles. The minimum Gasteiger partial charge on any atom is -0.493 e. The number of esters is 3. The third-order valence-corrected chi connectivity index (χ3v) is 10.3. The van der Waals surface area contributed by atoms with Crippen LogP contribution in [0.2, 0.25) is 0 Å². The molecule has 0 amide bonds. The highest BCUT2D eigenvalue weighted by molar-refractivity contribution is 5.97. The number of fused-ring (bicyclic) bond motifs is 1. The van der Waals surface area contributed by atoms with Gasteiger partial charge in [-0.25, -0.2) is 9.59 Å². The lowest BCUT2D eigenvalue weighted by molar-refractivity contribution is -0.142. The predicted octanol–water partition coefficient (Wildman–Crippen LogP) is 7.60. The summed E-state index contributed by atoms with van der Waals surface area (Å²) >= 11 is 0. The molecule has 1 unspecified atom stereocenters. The Kier molecular flexibility index (Phi) is 13.3. The molecule has 53 heavy (non-hydrogen) atoms. The van der Waals surface area contributed by atoms with Gasteiger partial charge in [-0.3, -0.25) is 4.79 Å². The zero-order valence-electron chi connectivity index (χ0n) is 30.3. The Morgan fingerprint density at radius 1 is 0.792 bits per heavy atom. The maximum atomic E-state index is 13.1. The number of carbonyl (C=O) groups excluding carboxylic acids is 3. The molecule has 1 aliphatic heterocycles. The lowest BCUT2D eigenvalue weighted by Crippen LogP contribution is -2.31. The highest BCUT2D eigenvalue weighted by Crippen LogP contribution is 2.41. The summed E-state index contributed by atoms with van der Waals surface area (Å²) in [5, 5.41) is 9.71. The van der Waals surface area contributed by atoms with Crippen LogP contribution in [-0.4, -0.2) is 69.6 Å². The fourth-order valence-electron chi connectivity index (χ4n) is 7.22. The summed E-state index contributed by atoms with van der Waals surface area (Å²) in [4.78, 5) is 37.8. The Morgan fingerprint density at radius 3 is 2.21 bits per heavy atom. The van der Waals surface area contributed by atoms with Crippen LogP contribution in [0.1, 0.15) is 80.6 Å². The number of hydrogen-bond donors (Lipinski definition) is 1. The van der Waals surface area contributed by atoms with Gasteiger partial charge in [0.2, 0.25) is 0 Å². The van der Waals surface area contributed by atoms with Crippen LogP contribution in [0.3, 0.4) is 0 Å². The van der Waals surface area contributed by atoms with Crippen LogP contribution in [0, 0.1) is 23.2 Å². The van der Waals surface area contributed by atoms with Crippen LogP contribution in [-0.2, 0) is 28.5 Å². The average molecular weight is 728 g/mol. The highest BCUT2D eigenvalue weighted by Gasteiger charge is 2.34. The molecule has 1 saturated heterocycles. The minimum atomic E-state index is -0.556. The Labute approximate surface area is 310 Å². The van der Waals surface area contributed by atoms with Gasteiger partial charge in [-0.1, -0.05) is 18.7 Å². The maximum absolute atomic E-state index is 13.1. The minimum absolute atomic E-state index is 0.0518. The van der Waals surface area contributed by atoms with Gasteiger partial charge >= 0.3 is 17.9 Å². The molecule has 1 heterocycles. The molecule has 11 heteroatoms. The number of rotatable bonds is 17. The van der Waals surface area contributed by atoms with Gasteiger partial charge in [-0.2, -0.15) is 0 Å². The molecular weight excluding hydrogens is 678 g/mol. The van der Waals surface area contributed by atoms with E-state index in [1.165, 1.54) is 0 Å². The summed E-state index contributed by atoms with van der Waals surface area (Å²) in [6.45, 7) is 7.63. The second-order valence-corrected chi connectivity index (χ2v) is 14.1. The van der Waals surface area contributed by atoms with Gasteiger partial charge in [0, 0.05) is 23.8 Å². The Hall–Kier alpha value is -4.58. The van der Waals surface area contributed by atoms with Crippen LogP contribution >= 0.6 is 0 Å². The van der Waals surface area contributed by atoms with E-state index in [9.17, 15) is 14.4 Å². The van der Waals surface area contributed by atoms with E-state index in [0.29, 0.717) is 60.7 Å². The number of benzene rings is 3. The summed E-state index contributed by atoms with van der Waals surface area (Å²) in [5.74, 6) is 1.09. The van der Waals surface area contributed by atoms with Crippen molar-refractivity contribution in [2.24, 2.45) is 17.8 Å². The van der Waals surface area contributed by atoms with Gasteiger partial charge < -0.3 is 38.6 Å². The van der Waals surface area contributed by atoms with E-state index >= 15 is 0 Å². The Balaban J connectivity index is 0.927. The van der Waals surface area contributed by atoms with E-state index in [1.54, 1.807) is 37.3 Å². The molecule has 0 aromatic heterocycles. The van der Waals surface area contributed by atoms with Gasteiger partial charge in [-0.05, 0) is 123 Å². The molecule has 0 spiro atoms. The SMILES string of the molecule is C=C(C)C(=O)OCCOC1CCC(C2CCC(C(=O)Oc3ccc(OC(=O)c4ccc5cc(OCCCOC6CO6)ccc5c4)c(C=N)c3)CC2)CC1. The standard InChI is InChI=1S/C42H49NO10/c1-27(2)40(44)50-21-20-48-35-13-10-29(11-14-35)28-4-6-30(7-5-28)41(45)52-37-16-17-38(34(24-37)25-43)53-42(46)33-9-8-32-23-36(15-12-31(32)22-33)47-18-3-19-49-39-26-51-39/h8-9,12,15-17,22-25,28-30,35,39,43H,1,3-7,10-11,13-14,18-21,26H2,2H3. The van der Waals surface area contributed by atoms with E-state index in [0.717, 1.165) is 80.5 Å². The van der Waals surface area contributed by atoms with Crippen molar-refractivity contribution in [1.29, 1.82) is 5.41 Å². The number of epoxide rings is 1. The van der Waals surface area contributed by atoms with E-state index in [1.807, 2.05) is 24.3 Å². The molecule has 282 valence electrons. The first-order valence-corrected chi connectivity index (χ1v) is 18.7. The van der Waals surface area contributed by atoms with E-state index < -0.39 is 5.97 Å². The third kappa shape index (κ3) is 11.0.